The molecule has 3 heterocycles. The maximum Gasteiger partial charge on any atom is 0.204 e. The maximum atomic E-state index is 10.5. The molecule has 4 N–H and O–H groups in total. The minimum Gasteiger partial charge on any atom is -0.506 e. The summed E-state index contributed by atoms with van der Waals surface area (Å²) in [6.45, 7) is 5.43. The largest absolute Gasteiger partial charge is 0.506 e. The molecule has 1 fully saturated rings. The van der Waals surface area contributed by atoms with E-state index < -0.39 is 0 Å². The predicted molar refractivity (Wildman–Crippen MR) is 141 cm³/mol. The molecule has 0 bridgehead atoms. The zero-order valence-electron chi connectivity index (χ0n) is 20.1. The number of anilines is 1. The highest BCUT2D eigenvalue weighted by Gasteiger charge is 2.22. The third kappa shape index (κ3) is 5.30. The van der Waals surface area contributed by atoms with Crippen LogP contribution in [-0.4, -0.2) is 43.7 Å². The van der Waals surface area contributed by atoms with Crippen LogP contribution >= 0.6 is 0 Å². The number of rotatable bonds is 7. The second kappa shape index (κ2) is 10.2. The van der Waals surface area contributed by atoms with Gasteiger partial charge in [0.05, 0.1) is 17.6 Å². The number of hydrogen-bond acceptors (Lipinski definition) is 6. The molecule has 0 atom stereocenters. The maximum absolute atomic E-state index is 10.5. The normalized spacial score (nSPS) is 15.2. The van der Waals surface area contributed by atoms with Crippen molar-refractivity contribution in [3.63, 3.8) is 0 Å². The average Bonchev–Trinajstić information content (AvgIpc) is 3.19. The number of hydrogen-bond donors (Lipinski definition) is 3. The number of nitrogens with zero attached hydrogens (tertiary/aromatic N) is 4. The molecule has 2 aromatic heterocycles. The molecule has 1 saturated heterocycles. The van der Waals surface area contributed by atoms with E-state index in [0.29, 0.717) is 18.3 Å². The van der Waals surface area contributed by atoms with Crippen molar-refractivity contribution >= 4 is 23.1 Å². The van der Waals surface area contributed by atoms with Gasteiger partial charge in [0.1, 0.15) is 11.4 Å². The van der Waals surface area contributed by atoms with Gasteiger partial charge in [-0.05, 0) is 67.4 Å². The second-order valence-corrected chi connectivity index (χ2v) is 9.23. The monoisotopic (exact) mass is 468 g/mol. The van der Waals surface area contributed by atoms with Crippen molar-refractivity contribution in [1.29, 1.82) is 0 Å². The number of fused-ring (bicyclic) bond motifs is 1. The number of benzene rings is 2. The number of nitrogens with one attached hydrogen (secondary N) is 1. The zero-order chi connectivity index (χ0) is 24.2. The van der Waals surface area contributed by atoms with Crippen molar-refractivity contribution in [2.75, 3.05) is 18.4 Å². The van der Waals surface area contributed by atoms with Crippen LogP contribution < -0.4 is 11.1 Å². The average molecular weight is 469 g/mol. The quantitative estimate of drug-likeness (QED) is 0.370. The van der Waals surface area contributed by atoms with Crippen molar-refractivity contribution in [1.82, 2.24) is 19.4 Å². The van der Waals surface area contributed by atoms with Crippen molar-refractivity contribution in [2.24, 2.45) is 5.73 Å². The van der Waals surface area contributed by atoms with Gasteiger partial charge >= 0.3 is 0 Å². The Kier molecular flexibility index (Phi) is 6.68. The summed E-state index contributed by atoms with van der Waals surface area (Å²) in [6, 6.07) is 20.6. The van der Waals surface area contributed by atoms with Crippen LogP contribution in [0.15, 0.2) is 66.9 Å². The molecule has 2 aromatic carbocycles. The Morgan fingerprint density at radius 2 is 1.83 bits per heavy atom. The predicted octanol–water partition coefficient (Wildman–Crippen LogP) is 4.50. The van der Waals surface area contributed by atoms with E-state index in [4.69, 9.17) is 10.7 Å². The Morgan fingerprint density at radius 1 is 1.03 bits per heavy atom. The van der Waals surface area contributed by atoms with E-state index in [-0.39, 0.29) is 5.75 Å². The molecule has 180 valence electrons. The van der Waals surface area contributed by atoms with Crippen LogP contribution in [0.3, 0.4) is 0 Å². The van der Waals surface area contributed by atoms with Gasteiger partial charge < -0.3 is 20.7 Å². The lowest BCUT2D eigenvalue weighted by Crippen LogP contribution is -2.39. The fraction of sp³-hybridized carbons (Fsp3) is 0.286. The summed E-state index contributed by atoms with van der Waals surface area (Å²) in [5, 5.41) is 14.2. The summed E-state index contributed by atoms with van der Waals surface area (Å²) in [5.41, 5.74) is 11.4. The summed E-state index contributed by atoms with van der Waals surface area (Å²) < 4.78 is 2.11. The van der Waals surface area contributed by atoms with Gasteiger partial charge in [0.25, 0.3) is 0 Å². The van der Waals surface area contributed by atoms with Crippen LogP contribution in [0.5, 0.6) is 5.75 Å². The molecular formula is C28H32N6O. The lowest BCUT2D eigenvalue weighted by Gasteiger charge is -2.32. The molecule has 0 saturated carbocycles. The van der Waals surface area contributed by atoms with Crippen molar-refractivity contribution in [3.8, 4) is 5.75 Å². The van der Waals surface area contributed by atoms with E-state index in [1.54, 1.807) is 6.07 Å². The molecule has 4 aromatic rings. The SMILES string of the molecule is Cc1ccc(O)c(Cn2c(NC3CCN(Cc4ccccc4)CC3)nc3ccc(/C=C/N)cc32)n1. The standard InChI is InChI=1S/C28H32N6O/c1-20-7-10-27(35)25(30-20)19-34-26-17-21(11-14-29)8-9-24(26)32-28(34)31-23-12-15-33(16-13-23)18-22-5-3-2-4-6-22/h2-11,14,17,23,35H,12-13,15-16,18-19,29H2,1H3,(H,31,32)/b14-11+. The molecule has 0 amide bonds. The van der Waals surface area contributed by atoms with E-state index in [1.807, 2.05) is 31.2 Å². The zero-order valence-corrected chi connectivity index (χ0v) is 20.1. The van der Waals surface area contributed by atoms with Crippen LogP contribution in [0.4, 0.5) is 5.95 Å². The van der Waals surface area contributed by atoms with Crippen LogP contribution in [0.1, 0.15) is 35.4 Å². The van der Waals surface area contributed by atoms with E-state index in [1.165, 1.54) is 11.8 Å². The van der Waals surface area contributed by atoms with Crippen LogP contribution in [0.25, 0.3) is 17.1 Å². The Hall–Kier alpha value is -3.84. The third-order valence-corrected chi connectivity index (χ3v) is 6.63. The Balaban J connectivity index is 1.38. The second-order valence-electron chi connectivity index (χ2n) is 9.23. The first kappa shape index (κ1) is 22.9. The fourth-order valence-electron chi connectivity index (χ4n) is 4.75. The number of aryl methyl sites for hydroxylation is 1. The molecule has 7 heteroatoms. The molecular weight excluding hydrogens is 436 g/mol. The van der Waals surface area contributed by atoms with Gasteiger partial charge in [0, 0.05) is 31.4 Å². The Labute approximate surface area is 205 Å². The highest BCUT2D eigenvalue weighted by atomic mass is 16.3. The first-order valence-electron chi connectivity index (χ1n) is 12.2. The smallest absolute Gasteiger partial charge is 0.204 e. The summed E-state index contributed by atoms with van der Waals surface area (Å²) in [6.07, 6.45) is 5.50. The minimum absolute atomic E-state index is 0.190. The first-order valence-corrected chi connectivity index (χ1v) is 12.2. The van der Waals surface area contributed by atoms with Gasteiger partial charge in [-0.15, -0.1) is 0 Å². The number of pyridine rings is 1. The molecule has 0 aliphatic carbocycles. The number of aromatic nitrogens is 3. The van der Waals surface area contributed by atoms with Crippen LogP contribution in [-0.2, 0) is 13.1 Å². The van der Waals surface area contributed by atoms with Crippen molar-refractivity contribution in [2.45, 2.75) is 38.9 Å². The molecule has 1 aliphatic rings. The number of likely N-dealkylation sites (tertiary alicyclic amines) is 1. The van der Waals surface area contributed by atoms with E-state index in [2.05, 4.69) is 56.2 Å². The molecule has 0 radical (unpaired) electrons. The fourth-order valence-corrected chi connectivity index (χ4v) is 4.75. The molecule has 5 rings (SSSR count). The molecule has 35 heavy (non-hydrogen) atoms. The van der Waals surface area contributed by atoms with Gasteiger partial charge in [-0.2, -0.15) is 0 Å². The number of nitrogens with two attached hydrogens (primary N) is 1. The summed E-state index contributed by atoms with van der Waals surface area (Å²) in [7, 11) is 0. The summed E-state index contributed by atoms with van der Waals surface area (Å²) in [4.78, 5) is 12.0. The number of aromatic hydroxyl groups is 1. The number of imidazole rings is 1. The topological polar surface area (TPSA) is 92.2 Å². The molecule has 0 spiro atoms. The van der Waals surface area contributed by atoms with Gasteiger partial charge in [-0.3, -0.25) is 9.88 Å². The Bertz CT molecular complexity index is 1320. The van der Waals surface area contributed by atoms with Gasteiger partial charge in [0.2, 0.25) is 5.95 Å². The van der Waals surface area contributed by atoms with Crippen LogP contribution in [0, 0.1) is 6.92 Å². The minimum atomic E-state index is 0.190. The summed E-state index contributed by atoms with van der Waals surface area (Å²) >= 11 is 0. The van der Waals surface area contributed by atoms with E-state index >= 15 is 0 Å². The van der Waals surface area contributed by atoms with Gasteiger partial charge in [0.15, 0.2) is 0 Å². The van der Waals surface area contributed by atoms with Crippen molar-refractivity contribution in [3.05, 3.63) is 89.4 Å². The third-order valence-electron chi connectivity index (χ3n) is 6.63. The number of piperidine rings is 1. The summed E-state index contributed by atoms with van der Waals surface area (Å²) in [5.74, 6) is 0.994. The van der Waals surface area contributed by atoms with E-state index in [0.717, 1.165) is 60.7 Å². The molecule has 0 unspecified atom stereocenters. The van der Waals surface area contributed by atoms with Gasteiger partial charge in [-0.25, -0.2) is 4.98 Å². The van der Waals surface area contributed by atoms with Crippen LogP contribution in [0.2, 0.25) is 0 Å². The van der Waals surface area contributed by atoms with E-state index in [9.17, 15) is 5.11 Å². The first-order chi connectivity index (χ1) is 17.1. The lowest BCUT2D eigenvalue weighted by molar-refractivity contribution is 0.211. The molecule has 7 nitrogen and oxygen atoms in total. The Morgan fingerprint density at radius 3 is 2.60 bits per heavy atom. The highest BCUT2D eigenvalue weighted by Crippen LogP contribution is 2.27. The highest BCUT2D eigenvalue weighted by molar-refractivity contribution is 5.81. The molecule has 1 aliphatic heterocycles. The lowest BCUT2D eigenvalue weighted by atomic mass is 10.0. The van der Waals surface area contributed by atoms with Crippen molar-refractivity contribution < 1.29 is 5.11 Å². The van der Waals surface area contributed by atoms with Gasteiger partial charge in [-0.1, -0.05) is 36.4 Å².